The highest BCUT2D eigenvalue weighted by Crippen LogP contribution is 2.74. The van der Waals surface area contributed by atoms with Crippen LogP contribution in [0.25, 0.3) is 0 Å². The molecule has 4 saturated carbocycles. The lowest BCUT2D eigenvalue weighted by Gasteiger charge is -2.71. The van der Waals surface area contributed by atoms with Crippen molar-refractivity contribution in [3.63, 3.8) is 0 Å². The number of fused-ring (bicyclic) bond motifs is 9. The van der Waals surface area contributed by atoms with Gasteiger partial charge < -0.3 is 45.1 Å². The summed E-state index contributed by atoms with van der Waals surface area (Å²) in [5, 5.41) is 65.3. The van der Waals surface area contributed by atoms with E-state index in [2.05, 4.69) is 11.4 Å². The van der Waals surface area contributed by atoms with Gasteiger partial charge in [0.1, 0.15) is 23.6 Å². The third-order valence-corrected chi connectivity index (χ3v) is 13.3. The fourth-order valence-electron chi connectivity index (χ4n) is 11.3. The van der Waals surface area contributed by atoms with E-state index >= 15 is 0 Å². The summed E-state index contributed by atoms with van der Waals surface area (Å²) < 4.78 is 11.0. The summed E-state index contributed by atoms with van der Waals surface area (Å²) in [6, 6.07) is 0. The van der Waals surface area contributed by atoms with E-state index < -0.39 is 63.8 Å². The fourth-order valence-corrected chi connectivity index (χ4v) is 11.3. The Balaban J connectivity index is 1.44. The number of esters is 1. The largest absolute Gasteiger partial charge is 0.450 e. The van der Waals surface area contributed by atoms with Crippen molar-refractivity contribution in [3.05, 3.63) is 23.3 Å². The maximum absolute atomic E-state index is 13.3. The van der Waals surface area contributed by atoms with Gasteiger partial charge in [0, 0.05) is 50.0 Å². The van der Waals surface area contributed by atoms with Crippen LogP contribution in [0.2, 0.25) is 0 Å². The van der Waals surface area contributed by atoms with Crippen molar-refractivity contribution in [1.29, 1.82) is 0 Å². The zero-order valence-corrected chi connectivity index (χ0v) is 27.2. The van der Waals surface area contributed by atoms with Gasteiger partial charge in [0.25, 0.3) is 0 Å². The van der Waals surface area contributed by atoms with Crippen LogP contribution in [-0.2, 0) is 19.1 Å². The van der Waals surface area contributed by atoms with E-state index in [0.717, 1.165) is 30.4 Å². The van der Waals surface area contributed by atoms with Gasteiger partial charge >= 0.3 is 5.97 Å². The molecule has 0 bridgehead atoms. The Kier molecular flexibility index (Phi) is 8.49. The Morgan fingerprint density at radius 3 is 2.60 bits per heavy atom. The van der Waals surface area contributed by atoms with Gasteiger partial charge in [0.15, 0.2) is 0 Å². The minimum absolute atomic E-state index is 0.0589. The number of ether oxygens (including phenoxy) is 2. The van der Waals surface area contributed by atoms with Crippen LogP contribution < -0.4 is 5.32 Å². The van der Waals surface area contributed by atoms with E-state index in [1.54, 1.807) is 13.2 Å². The molecule has 0 aromatic heterocycles. The average molecular weight is 632 g/mol. The van der Waals surface area contributed by atoms with Crippen molar-refractivity contribution in [2.75, 3.05) is 26.8 Å². The van der Waals surface area contributed by atoms with Gasteiger partial charge in [-0.15, -0.1) is 0 Å². The summed E-state index contributed by atoms with van der Waals surface area (Å²) in [5.74, 6) is -2.59. The molecule has 0 aromatic carbocycles. The van der Waals surface area contributed by atoms with Gasteiger partial charge in [0.05, 0.1) is 23.2 Å². The Morgan fingerprint density at radius 2 is 1.91 bits per heavy atom. The van der Waals surface area contributed by atoms with Crippen LogP contribution in [0.5, 0.6) is 0 Å². The van der Waals surface area contributed by atoms with Crippen molar-refractivity contribution >= 4 is 12.3 Å². The SMILES string of the molecule is COCCCNCC1=C[C@@H]2C[C@]3(O)[C@]4(O)[C@@H](O)[C@@H](CCC(C)C)[C@]5(O)C[C@@H](O)CC[C@]5(C=O)[C@H]4CC[C@]3(C)[C@H]2C2=CC(=O)O[C@@H]12. The highest BCUT2D eigenvalue weighted by Gasteiger charge is 2.83. The summed E-state index contributed by atoms with van der Waals surface area (Å²) in [5.41, 5.74) is -6.37. The summed E-state index contributed by atoms with van der Waals surface area (Å²) in [4.78, 5) is 26.0. The van der Waals surface area contributed by atoms with Crippen LogP contribution >= 0.6 is 0 Å². The smallest absolute Gasteiger partial charge is 0.331 e. The van der Waals surface area contributed by atoms with Gasteiger partial charge in [-0.05, 0) is 80.4 Å². The Labute approximate surface area is 266 Å². The number of nitrogens with one attached hydrogen (secondary N) is 1. The van der Waals surface area contributed by atoms with E-state index in [1.165, 1.54) is 0 Å². The van der Waals surface area contributed by atoms with Crippen molar-refractivity contribution < 1.29 is 44.6 Å². The van der Waals surface area contributed by atoms with Crippen LogP contribution in [0.4, 0.5) is 0 Å². The fraction of sp³-hybridized carbons (Fsp3) is 0.829. The van der Waals surface area contributed by atoms with Crippen LogP contribution in [0.1, 0.15) is 78.6 Å². The Bertz CT molecular complexity index is 1250. The van der Waals surface area contributed by atoms with Gasteiger partial charge in [-0.3, -0.25) is 0 Å². The molecular weight excluding hydrogens is 578 g/mol. The Hall–Kier alpha value is -1.66. The molecule has 1 aliphatic heterocycles. The molecule has 6 N–H and O–H groups in total. The topological polar surface area (TPSA) is 166 Å². The highest BCUT2D eigenvalue weighted by atomic mass is 16.5. The molecule has 1 heterocycles. The summed E-state index contributed by atoms with van der Waals surface area (Å²) in [6.45, 7) is 7.87. The molecule has 0 unspecified atom stereocenters. The summed E-state index contributed by atoms with van der Waals surface area (Å²) in [7, 11) is 1.66. The Morgan fingerprint density at radius 1 is 1.16 bits per heavy atom. The van der Waals surface area contributed by atoms with Crippen LogP contribution in [0.15, 0.2) is 23.3 Å². The van der Waals surface area contributed by atoms with E-state index in [4.69, 9.17) is 9.47 Å². The minimum Gasteiger partial charge on any atom is -0.450 e. The molecule has 0 spiro atoms. The second kappa shape index (κ2) is 11.5. The second-order valence-electron chi connectivity index (χ2n) is 15.8. The molecule has 252 valence electrons. The number of rotatable bonds is 10. The third-order valence-electron chi connectivity index (χ3n) is 13.3. The van der Waals surface area contributed by atoms with E-state index in [9.17, 15) is 35.1 Å². The molecule has 0 amide bonds. The maximum atomic E-state index is 13.3. The predicted octanol–water partition coefficient (Wildman–Crippen LogP) is 1.81. The first-order chi connectivity index (χ1) is 21.2. The van der Waals surface area contributed by atoms with E-state index in [-0.39, 0.29) is 37.0 Å². The molecule has 6 aliphatic rings. The quantitative estimate of drug-likeness (QED) is 0.0906. The number of aliphatic hydroxyl groups is 5. The van der Waals surface area contributed by atoms with Crippen molar-refractivity contribution in [1.82, 2.24) is 5.32 Å². The standard InChI is InChI=1S/C35H53NO9/c1-20(2)6-7-25-30(40)35(43)26(32(19-37)11-8-23(38)17-33(25,32)41)9-10-31(3)28-21(16-34(31,35)42)14-22(18-36-12-5-13-44-4)29-24(28)15-27(39)45-29/h14-15,19-21,23,25-26,28-30,36,38,40-43H,5-13,16-18H2,1-4H3/t21-,23+,25-,26-,28-,29+,30+,31-,32+,33-,34-,35-/m1/s1. The molecule has 6 rings (SSSR count). The molecule has 10 nitrogen and oxygen atoms in total. The number of hydrogen-bond donors (Lipinski definition) is 6. The normalized spacial score (nSPS) is 48.4. The molecule has 12 atom stereocenters. The monoisotopic (exact) mass is 631 g/mol. The molecule has 0 aromatic rings. The highest BCUT2D eigenvalue weighted by molar-refractivity contribution is 5.87. The third kappa shape index (κ3) is 4.46. The number of methoxy groups -OCH3 is 1. The van der Waals surface area contributed by atoms with Gasteiger partial charge in [-0.1, -0.05) is 33.3 Å². The average Bonchev–Trinajstić information content (AvgIpc) is 3.47. The first kappa shape index (κ1) is 33.2. The van der Waals surface area contributed by atoms with Crippen LogP contribution in [0, 0.1) is 40.4 Å². The van der Waals surface area contributed by atoms with Crippen molar-refractivity contribution in [2.24, 2.45) is 40.4 Å². The lowest BCUT2D eigenvalue weighted by molar-refractivity contribution is -0.364. The van der Waals surface area contributed by atoms with Crippen LogP contribution in [0.3, 0.4) is 0 Å². The van der Waals surface area contributed by atoms with Gasteiger partial charge in [0.2, 0.25) is 0 Å². The number of carbonyl (C=O) groups excluding carboxylic acids is 2. The second-order valence-corrected chi connectivity index (χ2v) is 15.8. The molecule has 0 radical (unpaired) electrons. The van der Waals surface area contributed by atoms with Gasteiger partial charge in [-0.25, -0.2) is 4.79 Å². The summed E-state index contributed by atoms with van der Waals surface area (Å²) in [6.07, 6.45) is 4.53. The lowest BCUT2D eigenvalue weighted by Crippen LogP contribution is -2.84. The summed E-state index contributed by atoms with van der Waals surface area (Å²) >= 11 is 0. The molecular formula is C35H53NO9. The van der Waals surface area contributed by atoms with Gasteiger partial charge in [-0.2, -0.15) is 0 Å². The number of allylic oxidation sites excluding steroid dienone is 1. The van der Waals surface area contributed by atoms with Crippen molar-refractivity contribution in [2.45, 2.75) is 114 Å². The van der Waals surface area contributed by atoms with E-state index in [0.29, 0.717) is 45.3 Å². The van der Waals surface area contributed by atoms with Crippen LogP contribution in [-0.4, -0.2) is 99.7 Å². The first-order valence-corrected chi connectivity index (χ1v) is 17.1. The molecule has 0 saturated heterocycles. The molecule has 5 aliphatic carbocycles. The number of aldehydes is 1. The zero-order valence-electron chi connectivity index (χ0n) is 27.2. The van der Waals surface area contributed by atoms with E-state index in [1.807, 2.05) is 20.8 Å². The predicted molar refractivity (Wildman–Crippen MR) is 165 cm³/mol. The number of carbonyl (C=O) groups is 2. The number of hydrogen-bond acceptors (Lipinski definition) is 10. The van der Waals surface area contributed by atoms with Crippen molar-refractivity contribution in [3.8, 4) is 0 Å². The molecule has 45 heavy (non-hydrogen) atoms. The molecule has 10 heteroatoms. The lowest BCUT2D eigenvalue weighted by atomic mass is 9.36. The minimum atomic E-state index is -2.11. The first-order valence-electron chi connectivity index (χ1n) is 17.1. The molecule has 4 fully saturated rings. The maximum Gasteiger partial charge on any atom is 0.331 e. The number of aliphatic hydroxyl groups excluding tert-OH is 2. The zero-order chi connectivity index (χ0) is 32.6.